The Morgan fingerprint density at radius 1 is 1.33 bits per heavy atom. The number of nitrogens with one attached hydrogen (secondary N) is 1. The van der Waals surface area contributed by atoms with Crippen molar-refractivity contribution in [1.82, 2.24) is 5.32 Å². The zero-order chi connectivity index (χ0) is 16.1. The van der Waals surface area contributed by atoms with Crippen molar-refractivity contribution in [2.45, 2.75) is 83.0 Å². The van der Waals surface area contributed by atoms with Gasteiger partial charge in [0.2, 0.25) is 0 Å². The fourth-order valence-electron chi connectivity index (χ4n) is 2.72. The number of carboxylic acid groups (broad SMARTS) is 1. The van der Waals surface area contributed by atoms with Gasteiger partial charge in [0.25, 0.3) is 0 Å². The Hall–Kier alpha value is -1.30. The zero-order valence-electron chi connectivity index (χ0n) is 13.1. The molecule has 0 radical (unpaired) electrons. The van der Waals surface area contributed by atoms with Crippen LogP contribution in [0, 0.1) is 0 Å². The van der Waals surface area contributed by atoms with Crippen molar-refractivity contribution < 1.29 is 24.5 Å². The number of hydrogen-bond acceptors (Lipinski definition) is 4. The second-order valence-corrected chi connectivity index (χ2v) is 6.80. The van der Waals surface area contributed by atoms with Crippen molar-refractivity contribution in [2.75, 3.05) is 0 Å². The Labute approximate surface area is 125 Å². The van der Waals surface area contributed by atoms with Gasteiger partial charge in [-0.25, -0.2) is 4.79 Å². The zero-order valence-corrected chi connectivity index (χ0v) is 13.1. The molecule has 1 saturated carbocycles. The smallest absolute Gasteiger partial charge is 0.407 e. The normalized spacial score (nSPS) is 26.2. The van der Waals surface area contributed by atoms with Crippen molar-refractivity contribution in [2.24, 2.45) is 0 Å². The summed E-state index contributed by atoms with van der Waals surface area (Å²) in [6.45, 7) is 5.35. The molecule has 0 aromatic heterocycles. The SMILES string of the molecule is CC(C)(C)OC(=O)NC1CCCCC1(O)CCCC(=O)O. The maximum Gasteiger partial charge on any atom is 0.407 e. The molecule has 0 spiro atoms. The third-order valence-corrected chi connectivity index (χ3v) is 3.69. The average molecular weight is 301 g/mol. The Balaban J connectivity index is 2.59. The fourth-order valence-corrected chi connectivity index (χ4v) is 2.72. The van der Waals surface area contributed by atoms with Gasteiger partial charge >= 0.3 is 12.1 Å². The largest absolute Gasteiger partial charge is 0.481 e. The van der Waals surface area contributed by atoms with Crippen LogP contribution in [-0.4, -0.2) is 39.5 Å². The lowest BCUT2D eigenvalue weighted by atomic mass is 9.77. The van der Waals surface area contributed by atoms with Gasteiger partial charge in [0, 0.05) is 6.42 Å². The van der Waals surface area contributed by atoms with Crippen molar-refractivity contribution in [3.05, 3.63) is 0 Å². The number of carbonyl (C=O) groups is 2. The molecule has 6 nitrogen and oxygen atoms in total. The Kier molecular flexibility index (Phi) is 6.01. The monoisotopic (exact) mass is 301 g/mol. The first-order valence-electron chi connectivity index (χ1n) is 7.56. The number of carboxylic acids is 1. The predicted molar refractivity (Wildman–Crippen MR) is 78.1 cm³/mol. The van der Waals surface area contributed by atoms with E-state index in [4.69, 9.17) is 9.84 Å². The summed E-state index contributed by atoms with van der Waals surface area (Å²) in [6, 6.07) is -0.380. The summed E-state index contributed by atoms with van der Waals surface area (Å²) in [6.07, 6.45) is 3.35. The highest BCUT2D eigenvalue weighted by Gasteiger charge is 2.40. The van der Waals surface area contributed by atoms with Gasteiger partial charge in [0.15, 0.2) is 0 Å². The molecular formula is C15H27NO5. The quantitative estimate of drug-likeness (QED) is 0.725. The molecule has 0 saturated heterocycles. The van der Waals surface area contributed by atoms with Crippen LogP contribution in [-0.2, 0) is 9.53 Å². The summed E-state index contributed by atoms with van der Waals surface area (Å²) in [5.41, 5.74) is -1.62. The van der Waals surface area contributed by atoms with Crippen LogP contribution in [0.15, 0.2) is 0 Å². The van der Waals surface area contributed by atoms with Gasteiger partial charge in [-0.3, -0.25) is 4.79 Å². The van der Waals surface area contributed by atoms with Crippen molar-refractivity contribution in [1.29, 1.82) is 0 Å². The van der Waals surface area contributed by atoms with Gasteiger partial charge in [-0.05, 0) is 46.5 Å². The van der Waals surface area contributed by atoms with Gasteiger partial charge in [0.1, 0.15) is 5.60 Å². The molecule has 0 aliphatic heterocycles. The van der Waals surface area contributed by atoms with Gasteiger partial charge < -0.3 is 20.3 Å². The van der Waals surface area contributed by atoms with E-state index in [9.17, 15) is 14.7 Å². The first-order chi connectivity index (χ1) is 9.62. The van der Waals surface area contributed by atoms with Gasteiger partial charge in [-0.1, -0.05) is 12.8 Å². The van der Waals surface area contributed by atoms with Gasteiger partial charge in [-0.2, -0.15) is 0 Å². The van der Waals surface area contributed by atoms with E-state index in [1.54, 1.807) is 20.8 Å². The number of aliphatic hydroxyl groups is 1. The van der Waals surface area contributed by atoms with Crippen LogP contribution < -0.4 is 5.32 Å². The van der Waals surface area contributed by atoms with Crippen LogP contribution in [0.5, 0.6) is 0 Å². The average Bonchev–Trinajstić information content (AvgIpc) is 2.29. The van der Waals surface area contributed by atoms with E-state index in [2.05, 4.69) is 5.32 Å². The van der Waals surface area contributed by atoms with E-state index in [1.165, 1.54) is 0 Å². The van der Waals surface area contributed by atoms with E-state index in [-0.39, 0.29) is 12.5 Å². The Morgan fingerprint density at radius 2 is 2.00 bits per heavy atom. The lowest BCUT2D eigenvalue weighted by Gasteiger charge is -2.40. The summed E-state index contributed by atoms with van der Waals surface area (Å²) >= 11 is 0. The maximum absolute atomic E-state index is 11.9. The van der Waals surface area contributed by atoms with E-state index in [0.29, 0.717) is 25.7 Å². The molecule has 3 N–H and O–H groups in total. The highest BCUT2D eigenvalue weighted by atomic mass is 16.6. The van der Waals surface area contributed by atoms with Crippen molar-refractivity contribution >= 4 is 12.1 Å². The minimum atomic E-state index is -1.04. The number of amides is 1. The third kappa shape index (κ3) is 6.33. The molecule has 21 heavy (non-hydrogen) atoms. The molecule has 1 rings (SSSR count). The van der Waals surface area contributed by atoms with Crippen LogP contribution >= 0.6 is 0 Å². The minimum Gasteiger partial charge on any atom is -0.481 e. The molecule has 6 heteroatoms. The molecule has 2 atom stereocenters. The number of hydrogen-bond donors (Lipinski definition) is 3. The van der Waals surface area contributed by atoms with E-state index >= 15 is 0 Å². The topological polar surface area (TPSA) is 95.9 Å². The molecule has 1 aliphatic carbocycles. The second-order valence-electron chi connectivity index (χ2n) is 6.80. The molecule has 0 heterocycles. The second kappa shape index (κ2) is 7.11. The summed E-state index contributed by atoms with van der Waals surface area (Å²) in [7, 11) is 0. The van der Waals surface area contributed by atoms with Crippen molar-refractivity contribution in [3.63, 3.8) is 0 Å². The van der Waals surface area contributed by atoms with Crippen molar-refractivity contribution in [3.8, 4) is 0 Å². The summed E-state index contributed by atoms with van der Waals surface area (Å²) in [5, 5.41) is 22.2. The maximum atomic E-state index is 11.9. The first kappa shape index (κ1) is 17.8. The number of rotatable bonds is 5. The minimum absolute atomic E-state index is 0.0292. The lowest BCUT2D eigenvalue weighted by Crippen LogP contribution is -2.55. The van der Waals surface area contributed by atoms with Crippen LogP contribution in [0.25, 0.3) is 0 Å². The van der Waals surface area contributed by atoms with Gasteiger partial charge in [-0.15, -0.1) is 0 Å². The first-order valence-corrected chi connectivity index (χ1v) is 7.56. The number of carbonyl (C=O) groups excluding carboxylic acids is 1. The summed E-state index contributed by atoms with van der Waals surface area (Å²) in [4.78, 5) is 22.4. The molecule has 1 amide bonds. The number of alkyl carbamates (subject to hydrolysis) is 1. The third-order valence-electron chi connectivity index (χ3n) is 3.69. The van der Waals surface area contributed by atoms with Crippen LogP contribution in [0.4, 0.5) is 4.79 Å². The van der Waals surface area contributed by atoms with E-state index < -0.39 is 23.3 Å². The molecule has 1 aliphatic rings. The van der Waals surface area contributed by atoms with Crippen LogP contribution in [0.2, 0.25) is 0 Å². The molecule has 1 fully saturated rings. The molecular weight excluding hydrogens is 274 g/mol. The van der Waals surface area contributed by atoms with Crippen LogP contribution in [0.1, 0.15) is 65.7 Å². The summed E-state index contributed by atoms with van der Waals surface area (Å²) in [5.74, 6) is -0.869. The van der Waals surface area contributed by atoms with Gasteiger partial charge in [0.05, 0.1) is 11.6 Å². The molecule has 2 unspecified atom stereocenters. The highest BCUT2D eigenvalue weighted by molar-refractivity contribution is 5.68. The fraction of sp³-hybridized carbons (Fsp3) is 0.867. The molecule has 0 aromatic rings. The summed E-state index contributed by atoms with van der Waals surface area (Å²) < 4.78 is 5.22. The molecule has 0 bridgehead atoms. The molecule has 0 aromatic carbocycles. The molecule has 122 valence electrons. The van der Waals surface area contributed by atoms with E-state index in [1.807, 2.05) is 0 Å². The Bertz CT molecular complexity index is 377. The van der Waals surface area contributed by atoms with E-state index in [0.717, 1.165) is 12.8 Å². The Morgan fingerprint density at radius 3 is 2.57 bits per heavy atom. The lowest BCUT2D eigenvalue weighted by molar-refractivity contribution is -0.137. The number of aliphatic carboxylic acids is 1. The standard InChI is InChI=1S/C15H27NO5/c1-14(2,3)21-13(19)16-11-7-4-5-9-15(11,20)10-6-8-12(17)18/h11,20H,4-10H2,1-3H3,(H,16,19)(H,17,18). The highest BCUT2D eigenvalue weighted by Crippen LogP contribution is 2.33. The predicted octanol–water partition coefficient (Wildman–Crippen LogP) is 2.44. The van der Waals surface area contributed by atoms with Crippen LogP contribution in [0.3, 0.4) is 0 Å². The number of ether oxygens (including phenoxy) is 1.